The Morgan fingerprint density at radius 2 is 1.78 bits per heavy atom. The average Bonchev–Trinajstić information content (AvgIpc) is 3.05. The van der Waals surface area contributed by atoms with Crippen molar-refractivity contribution in [3.8, 4) is 5.75 Å². The summed E-state index contributed by atoms with van der Waals surface area (Å²) in [5, 5.41) is 4.39. The van der Waals surface area contributed by atoms with Gasteiger partial charge in [-0.25, -0.2) is 0 Å². The van der Waals surface area contributed by atoms with E-state index in [9.17, 15) is 4.79 Å². The first kappa shape index (κ1) is 19.4. The van der Waals surface area contributed by atoms with Crippen LogP contribution < -0.4 is 4.74 Å². The van der Waals surface area contributed by atoms with Gasteiger partial charge in [-0.05, 0) is 65.5 Å². The molecule has 1 aromatic heterocycles. The molecule has 0 radical (unpaired) electrons. The molecule has 0 aliphatic rings. The minimum Gasteiger partial charge on any atom is -0.497 e. The summed E-state index contributed by atoms with van der Waals surface area (Å²) in [5.41, 5.74) is 2.42. The van der Waals surface area contributed by atoms with Gasteiger partial charge in [-0.15, -0.1) is 11.3 Å². The van der Waals surface area contributed by atoms with Gasteiger partial charge in [-0.2, -0.15) is 0 Å². The van der Waals surface area contributed by atoms with Crippen molar-refractivity contribution >= 4 is 28.0 Å². The van der Waals surface area contributed by atoms with Crippen molar-refractivity contribution < 1.29 is 9.53 Å². The molecule has 0 saturated carbocycles. The highest BCUT2D eigenvalue weighted by atomic mass is 32.1. The van der Waals surface area contributed by atoms with Crippen LogP contribution in [0, 0.1) is 6.92 Å². The Morgan fingerprint density at radius 1 is 1.04 bits per heavy atom. The Labute approximate surface area is 165 Å². The molecule has 0 fully saturated rings. The molecule has 1 heterocycles. The zero-order valence-electron chi connectivity index (χ0n) is 16.4. The zero-order chi connectivity index (χ0) is 19.4. The fourth-order valence-electron chi connectivity index (χ4n) is 3.08. The lowest BCUT2D eigenvalue weighted by Crippen LogP contribution is -2.36. The van der Waals surface area contributed by atoms with Crippen molar-refractivity contribution in [1.29, 1.82) is 0 Å². The summed E-state index contributed by atoms with van der Waals surface area (Å²) in [6, 6.07) is 14.4. The molecule has 142 valence electrons. The molecule has 3 rings (SSSR count). The van der Waals surface area contributed by atoms with Gasteiger partial charge in [0.15, 0.2) is 0 Å². The molecule has 4 nitrogen and oxygen atoms in total. The van der Waals surface area contributed by atoms with Crippen LogP contribution in [0.5, 0.6) is 5.75 Å². The van der Waals surface area contributed by atoms with E-state index in [1.165, 1.54) is 10.4 Å². The highest BCUT2D eigenvalue weighted by molar-refractivity contribution is 7.10. The van der Waals surface area contributed by atoms with E-state index < -0.39 is 0 Å². The summed E-state index contributed by atoms with van der Waals surface area (Å²) >= 11 is 1.74. The fourth-order valence-corrected chi connectivity index (χ4v) is 4.06. The third kappa shape index (κ3) is 4.87. The first-order valence-corrected chi connectivity index (χ1v) is 9.86. The molecule has 0 unspecified atom stereocenters. The number of hydrogen-bond acceptors (Lipinski definition) is 4. The average molecular weight is 383 g/mol. The topological polar surface area (TPSA) is 32.8 Å². The van der Waals surface area contributed by atoms with Crippen molar-refractivity contribution in [2.75, 3.05) is 27.7 Å². The van der Waals surface area contributed by atoms with E-state index in [1.54, 1.807) is 23.3 Å². The maximum atomic E-state index is 12.6. The summed E-state index contributed by atoms with van der Waals surface area (Å²) in [4.78, 5) is 17.8. The predicted molar refractivity (Wildman–Crippen MR) is 112 cm³/mol. The van der Waals surface area contributed by atoms with Crippen molar-refractivity contribution in [3.63, 3.8) is 0 Å². The number of ether oxygens (including phenoxy) is 1. The number of nitrogens with zero attached hydrogens (tertiary/aromatic N) is 2. The van der Waals surface area contributed by atoms with Gasteiger partial charge in [0, 0.05) is 25.0 Å². The van der Waals surface area contributed by atoms with Gasteiger partial charge < -0.3 is 9.64 Å². The smallest absolute Gasteiger partial charge is 0.236 e. The Hall–Kier alpha value is -2.37. The van der Waals surface area contributed by atoms with Crippen LogP contribution in [0.2, 0.25) is 0 Å². The summed E-state index contributed by atoms with van der Waals surface area (Å²) in [6.07, 6.45) is 0. The van der Waals surface area contributed by atoms with Crippen LogP contribution in [0.3, 0.4) is 0 Å². The molecule has 27 heavy (non-hydrogen) atoms. The van der Waals surface area contributed by atoms with Gasteiger partial charge in [-0.3, -0.25) is 9.69 Å². The van der Waals surface area contributed by atoms with Crippen LogP contribution in [0.4, 0.5) is 0 Å². The molecule has 1 amide bonds. The number of thiophene rings is 1. The molecule has 0 bridgehead atoms. The number of fused-ring (bicyclic) bond motifs is 1. The van der Waals surface area contributed by atoms with Crippen LogP contribution in [0.25, 0.3) is 10.8 Å². The number of carbonyl (C=O) groups excluding carboxylic acids is 1. The lowest BCUT2D eigenvalue weighted by Gasteiger charge is -2.22. The van der Waals surface area contributed by atoms with Gasteiger partial charge >= 0.3 is 0 Å². The summed E-state index contributed by atoms with van der Waals surface area (Å²) in [5.74, 6) is 0.980. The van der Waals surface area contributed by atoms with E-state index in [1.807, 2.05) is 26.2 Å². The summed E-state index contributed by atoms with van der Waals surface area (Å²) in [6.45, 7) is 3.94. The number of carbonyl (C=O) groups is 1. The quantitative estimate of drug-likeness (QED) is 0.610. The van der Waals surface area contributed by atoms with Crippen LogP contribution in [0.15, 0.2) is 47.8 Å². The Bertz CT molecular complexity index is 935. The second kappa shape index (κ2) is 8.55. The molecular weight excluding hydrogens is 356 g/mol. The highest BCUT2D eigenvalue weighted by Gasteiger charge is 2.14. The second-order valence-corrected chi connectivity index (χ2v) is 8.00. The first-order valence-electron chi connectivity index (χ1n) is 8.98. The number of hydrogen-bond donors (Lipinski definition) is 0. The van der Waals surface area contributed by atoms with Crippen LogP contribution in [0.1, 0.15) is 16.0 Å². The zero-order valence-corrected chi connectivity index (χ0v) is 17.2. The third-order valence-corrected chi connectivity index (χ3v) is 5.75. The van der Waals surface area contributed by atoms with E-state index in [0.29, 0.717) is 13.1 Å². The summed E-state index contributed by atoms with van der Waals surface area (Å²) in [7, 11) is 5.53. The second-order valence-electron chi connectivity index (χ2n) is 7.00. The van der Waals surface area contributed by atoms with Crippen molar-refractivity contribution in [1.82, 2.24) is 9.80 Å². The van der Waals surface area contributed by atoms with E-state index in [4.69, 9.17) is 4.74 Å². The minimum absolute atomic E-state index is 0.126. The van der Waals surface area contributed by atoms with Gasteiger partial charge in [0.1, 0.15) is 5.75 Å². The molecule has 5 heteroatoms. The maximum Gasteiger partial charge on any atom is 0.236 e. The molecule has 0 spiro atoms. The summed E-state index contributed by atoms with van der Waals surface area (Å²) < 4.78 is 5.27. The lowest BCUT2D eigenvalue weighted by atomic mass is 10.1. The predicted octanol–water partition coefficient (Wildman–Crippen LogP) is 4.31. The molecule has 0 atom stereocenters. The molecule has 3 aromatic rings. The largest absolute Gasteiger partial charge is 0.497 e. The molecular formula is C22H26N2O2S. The third-order valence-electron chi connectivity index (χ3n) is 4.74. The molecule has 0 aliphatic heterocycles. The molecule has 2 aromatic carbocycles. The minimum atomic E-state index is 0.126. The monoisotopic (exact) mass is 382 g/mol. The Kier molecular flexibility index (Phi) is 6.14. The standard InChI is InChI=1S/C22H26N2O2S/c1-16-9-10-27-21(16)14-23(2)15-22(25)24(3)13-17-5-6-19-12-20(26-4)8-7-18(19)11-17/h5-12H,13-15H2,1-4H3. The highest BCUT2D eigenvalue weighted by Crippen LogP contribution is 2.22. The van der Waals surface area contributed by atoms with E-state index in [2.05, 4.69) is 47.5 Å². The van der Waals surface area contributed by atoms with E-state index >= 15 is 0 Å². The Balaban J connectivity index is 1.60. The van der Waals surface area contributed by atoms with Crippen LogP contribution >= 0.6 is 11.3 Å². The number of aryl methyl sites for hydroxylation is 1. The number of rotatable bonds is 7. The van der Waals surface area contributed by atoms with Crippen LogP contribution in [-0.2, 0) is 17.9 Å². The van der Waals surface area contributed by atoms with E-state index in [0.717, 1.165) is 28.6 Å². The van der Waals surface area contributed by atoms with Gasteiger partial charge in [0.2, 0.25) is 5.91 Å². The van der Waals surface area contributed by atoms with E-state index in [-0.39, 0.29) is 5.91 Å². The number of benzene rings is 2. The van der Waals surface area contributed by atoms with Crippen molar-refractivity contribution in [2.45, 2.75) is 20.0 Å². The molecule has 0 saturated heterocycles. The lowest BCUT2D eigenvalue weighted by molar-refractivity contribution is -0.131. The fraction of sp³-hybridized carbons (Fsp3) is 0.318. The van der Waals surface area contributed by atoms with Gasteiger partial charge in [0.05, 0.1) is 13.7 Å². The molecule has 0 N–H and O–H groups in total. The van der Waals surface area contributed by atoms with Gasteiger partial charge in [-0.1, -0.05) is 18.2 Å². The normalized spacial score (nSPS) is 11.1. The number of amides is 1. The Morgan fingerprint density at radius 3 is 2.48 bits per heavy atom. The first-order chi connectivity index (χ1) is 13.0. The molecule has 0 aliphatic carbocycles. The maximum absolute atomic E-state index is 12.6. The number of methoxy groups -OCH3 is 1. The van der Waals surface area contributed by atoms with Crippen molar-refractivity contribution in [3.05, 3.63) is 63.8 Å². The van der Waals surface area contributed by atoms with Crippen molar-refractivity contribution in [2.24, 2.45) is 0 Å². The van der Waals surface area contributed by atoms with Crippen LogP contribution in [-0.4, -0.2) is 43.5 Å². The van der Waals surface area contributed by atoms with Gasteiger partial charge in [0.25, 0.3) is 0 Å². The number of likely N-dealkylation sites (N-methyl/N-ethyl adjacent to an activating group) is 2. The SMILES string of the molecule is COc1ccc2cc(CN(C)C(=O)CN(C)Cc3sccc3C)ccc2c1.